The van der Waals surface area contributed by atoms with Crippen molar-refractivity contribution >= 4 is 39.7 Å². The van der Waals surface area contributed by atoms with Crippen molar-refractivity contribution in [3.05, 3.63) is 70.6 Å². The Hall–Kier alpha value is -1.84. The van der Waals surface area contributed by atoms with E-state index in [0.29, 0.717) is 0 Å². The molecule has 0 spiro atoms. The molecule has 0 aliphatic heterocycles. The summed E-state index contributed by atoms with van der Waals surface area (Å²) in [6, 6.07) is 18.9. The van der Waals surface area contributed by atoms with Crippen molar-refractivity contribution in [3.8, 4) is 0 Å². The number of nitrogens with two attached hydrogens (primary N) is 1. The largest absolute Gasteiger partial charge is 0.383 e. The molecule has 0 saturated carbocycles. The van der Waals surface area contributed by atoms with Gasteiger partial charge in [0.25, 0.3) is 0 Å². The predicted molar refractivity (Wildman–Crippen MR) is 93.9 cm³/mol. The van der Waals surface area contributed by atoms with E-state index in [2.05, 4.69) is 42.5 Å². The topological polar surface area (TPSA) is 49.9 Å². The molecule has 2 aromatic carbocycles. The minimum atomic E-state index is 0. The lowest BCUT2D eigenvalue weighted by Gasteiger charge is -2.03. The van der Waals surface area contributed by atoms with Crippen molar-refractivity contribution in [3.63, 3.8) is 0 Å². The van der Waals surface area contributed by atoms with E-state index in [1.54, 1.807) is 11.3 Å². The van der Waals surface area contributed by atoms with Gasteiger partial charge in [-0.05, 0) is 41.5 Å². The molecule has 3 rings (SSSR count). The molecule has 0 saturated heterocycles. The van der Waals surface area contributed by atoms with Crippen LogP contribution in [0.3, 0.4) is 0 Å². The van der Waals surface area contributed by atoms with Gasteiger partial charge in [-0.3, -0.25) is 5.41 Å². The van der Waals surface area contributed by atoms with Crippen LogP contribution in [0.4, 0.5) is 0 Å². The lowest BCUT2D eigenvalue weighted by molar-refractivity contribution is 0.969. The van der Waals surface area contributed by atoms with E-state index in [1.807, 2.05) is 12.1 Å². The fraction of sp³-hybridized carbons (Fsp3) is 0.118. The van der Waals surface area contributed by atoms with Gasteiger partial charge in [0, 0.05) is 4.70 Å². The molecule has 0 radical (unpaired) electrons. The monoisotopic (exact) mass is 316 g/mol. The second-order valence-electron chi connectivity index (χ2n) is 4.84. The van der Waals surface area contributed by atoms with Crippen molar-refractivity contribution in [1.29, 1.82) is 5.41 Å². The highest BCUT2D eigenvalue weighted by Crippen LogP contribution is 2.28. The second kappa shape index (κ2) is 6.74. The maximum Gasteiger partial charge on any atom is 0.133 e. The Bertz CT molecular complexity index is 750. The number of thiophene rings is 1. The van der Waals surface area contributed by atoms with Crippen LogP contribution >= 0.6 is 23.7 Å². The fourth-order valence-electron chi connectivity index (χ4n) is 2.40. The van der Waals surface area contributed by atoms with E-state index in [4.69, 9.17) is 11.1 Å². The van der Waals surface area contributed by atoms with Crippen molar-refractivity contribution in [2.45, 2.75) is 12.8 Å². The Morgan fingerprint density at radius 2 is 1.76 bits per heavy atom. The molecular weight excluding hydrogens is 300 g/mol. The summed E-state index contributed by atoms with van der Waals surface area (Å²) in [6.45, 7) is 0. The standard InChI is InChI=1S/C17H16N2S.ClH/c18-17(19)16-11-14-13(7-4-8-15(14)20-16)10-9-12-5-2-1-3-6-12;/h1-8,11H,9-10H2,(H3,18,19);1H. The first kappa shape index (κ1) is 15.5. The zero-order valence-electron chi connectivity index (χ0n) is 11.5. The molecule has 0 bridgehead atoms. The molecule has 1 heterocycles. The quantitative estimate of drug-likeness (QED) is 0.544. The third kappa shape index (κ3) is 3.43. The molecule has 0 aliphatic rings. The summed E-state index contributed by atoms with van der Waals surface area (Å²) < 4.78 is 1.21. The van der Waals surface area contributed by atoms with Crippen molar-refractivity contribution in [1.82, 2.24) is 0 Å². The van der Waals surface area contributed by atoms with E-state index in [1.165, 1.54) is 21.2 Å². The molecule has 0 unspecified atom stereocenters. The molecular formula is C17H17ClN2S. The minimum Gasteiger partial charge on any atom is -0.383 e. The van der Waals surface area contributed by atoms with Crippen LogP contribution in [0.25, 0.3) is 10.1 Å². The van der Waals surface area contributed by atoms with E-state index in [-0.39, 0.29) is 18.2 Å². The van der Waals surface area contributed by atoms with Crippen LogP contribution in [0.1, 0.15) is 16.0 Å². The van der Waals surface area contributed by atoms with E-state index in [9.17, 15) is 0 Å². The normalized spacial score (nSPS) is 10.3. The Kier molecular flexibility index (Phi) is 4.99. The Labute approximate surface area is 134 Å². The molecule has 0 amide bonds. The number of halogens is 1. The average Bonchev–Trinajstić information content (AvgIpc) is 2.91. The van der Waals surface area contributed by atoms with Gasteiger partial charge in [-0.25, -0.2) is 0 Å². The maximum absolute atomic E-state index is 7.56. The molecule has 0 fully saturated rings. The summed E-state index contributed by atoms with van der Waals surface area (Å²) in [5.74, 6) is 0.153. The number of amidine groups is 1. The number of nitrogen functional groups attached to an aromatic ring is 1. The Morgan fingerprint density at radius 3 is 2.48 bits per heavy atom. The van der Waals surface area contributed by atoms with Gasteiger partial charge in [0.1, 0.15) is 5.84 Å². The van der Waals surface area contributed by atoms with Gasteiger partial charge >= 0.3 is 0 Å². The average molecular weight is 317 g/mol. The van der Waals surface area contributed by atoms with Gasteiger partial charge in [0.05, 0.1) is 4.88 Å². The lowest BCUT2D eigenvalue weighted by Crippen LogP contribution is -2.08. The molecule has 21 heavy (non-hydrogen) atoms. The molecule has 4 heteroatoms. The number of benzene rings is 2. The number of aryl methyl sites for hydroxylation is 2. The Morgan fingerprint density at radius 1 is 1.00 bits per heavy atom. The van der Waals surface area contributed by atoms with Crippen LogP contribution in [0.2, 0.25) is 0 Å². The van der Waals surface area contributed by atoms with Crippen LogP contribution in [-0.4, -0.2) is 5.84 Å². The zero-order valence-corrected chi connectivity index (χ0v) is 13.1. The first-order valence-corrected chi connectivity index (χ1v) is 7.45. The zero-order chi connectivity index (χ0) is 13.9. The smallest absolute Gasteiger partial charge is 0.133 e. The number of nitrogens with one attached hydrogen (secondary N) is 1. The summed E-state index contributed by atoms with van der Waals surface area (Å²) in [5, 5.41) is 8.80. The van der Waals surface area contributed by atoms with Crippen LogP contribution in [0.15, 0.2) is 54.6 Å². The van der Waals surface area contributed by atoms with Crippen molar-refractivity contribution < 1.29 is 0 Å². The third-order valence-corrected chi connectivity index (χ3v) is 4.58. The summed E-state index contributed by atoms with van der Waals surface area (Å²) in [5.41, 5.74) is 8.27. The SMILES string of the molecule is Cl.N=C(N)c1cc2c(CCc3ccccc3)cccc2s1. The molecule has 2 nitrogen and oxygen atoms in total. The van der Waals surface area contributed by atoms with Crippen molar-refractivity contribution in [2.24, 2.45) is 5.73 Å². The highest BCUT2D eigenvalue weighted by atomic mass is 35.5. The highest BCUT2D eigenvalue weighted by molar-refractivity contribution is 7.20. The second-order valence-corrected chi connectivity index (χ2v) is 5.92. The highest BCUT2D eigenvalue weighted by Gasteiger charge is 2.08. The van der Waals surface area contributed by atoms with Gasteiger partial charge in [0.15, 0.2) is 0 Å². The first-order chi connectivity index (χ1) is 9.74. The maximum atomic E-state index is 7.56. The van der Waals surface area contributed by atoms with E-state index >= 15 is 0 Å². The number of hydrogen-bond acceptors (Lipinski definition) is 2. The van der Waals surface area contributed by atoms with Crippen LogP contribution in [0.5, 0.6) is 0 Å². The molecule has 3 aromatic rings. The number of fused-ring (bicyclic) bond motifs is 1. The van der Waals surface area contributed by atoms with Crippen LogP contribution < -0.4 is 5.73 Å². The summed E-state index contributed by atoms with van der Waals surface area (Å²) >= 11 is 1.59. The van der Waals surface area contributed by atoms with E-state index in [0.717, 1.165) is 17.7 Å². The van der Waals surface area contributed by atoms with E-state index < -0.39 is 0 Å². The van der Waals surface area contributed by atoms with Gasteiger partial charge < -0.3 is 5.73 Å². The summed E-state index contributed by atoms with van der Waals surface area (Å²) in [7, 11) is 0. The molecule has 108 valence electrons. The molecule has 1 aromatic heterocycles. The number of rotatable bonds is 4. The Balaban J connectivity index is 0.00000161. The third-order valence-electron chi connectivity index (χ3n) is 3.44. The first-order valence-electron chi connectivity index (χ1n) is 6.64. The lowest BCUT2D eigenvalue weighted by atomic mass is 10.0. The predicted octanol–water partition coefficient (Wildman–Crippen LogP) is 4.39. The molecule has 0 aliphatic carbocycles. The summed E-state index contributed by atoms with van der Waals surface area (Å²) in [6.07, 6.45) is 2.04. The van der Waals surface area contributed by atoms with Gasteiger partial charge in [-0.1, -0.05) is 42.5 Å². The van der Waals surface area contributed by atoms with Crippen LogP contribution in [0, 0.1) is 5.41 Å². The van der Waals surface area contributed by atoms with Crippen molar-refractivity contribution in [2.75, 3.05) is 0 Å². The molecule has 0 atom stereocenters. The molecule has 3 N–H and O–H groups in total. The van der Waals surface area contributed by atoms with Gasteiger partial charge in [-0.15, -0.1) is 23.7 Å². The van der Waals surface area contributed by atoms with Gasteiger partial charge in [0.2, 0.25) is 0 Å². The van der Waals surface area contributed by atoms with Gasteiger partial charge in [-0.2, -0.15) is 0 Å². The summed E-state index contributed by atoms with van der Waals surface area (Å²) in [4.78, 5) is 0.854. The van der Waals surface area contributed by atoms with Crippen LogP contribution in [-0.2, 0) is 12.8 Å². The fourth-order valence-corrected chi connectivity index (χ4v) is 3.37. The minimum absolute atomic E-state index is 0. The number of hydrogen-bond donors (Lipinski definition) is 2.